The molecule has 0 fully saturated rings. The molecule has 1 aliphatic carbocycles. The van der Waals surface area contributed by atoms with Crippen molar-refractivity contribution in [3.05, 3.63) is 64.2 Å². The molecule has 118 valence electrons. The minimum absolute atomic E-state index is 0.00852. The van der Waals surface area contributed by atoms with Crippen molar-refractivity contribution in [3.63, 3.8) is 0 Å². The molecule has 0 aromatic heterocycles. The zero-order chi connectivity index (χ0) is 17.2. The Kier molecular flexibility index (Phi) is 2.72. The second-order valence-electron chi connectivity index (χ2n) is 5.85. The van der Waals surface area contributed by atoms with Crippen LogP contribution in [0, 0.1) is 6.92 Å². The van der Waals surface area contributed by atoms with E-state index in [-0.39, 0.29) is 44.9 Å². The third-order valence-corrected chi connectivity index (χ3v) is 4.38. The predicted octanol–water partition coefficient (Wildman–Crippen LogP) is 3.04. The molecular weight excluding hydrogens is 308 g/mol. The van der Waals surface area contributed by atoms with Gasteiger partial charge in [0.15, 0.2) is 5.78 Å². The van der Waals surface area contributed by atoms with Crippen LogP contribution in [0.1, 0.15) is 37.4 Å². The lowest BCUT2D eigenvalue weighted by Crippen LogP contribution is -2.21. The topological polar surface area (TPSA) is 94.8 Å². The second-order valence-corrected chi connectivity index (χ2v) is 5.85. The highest BCUT2D eigenvalue weighted by Crippen LogP contribution is 2.45. The highest BCUT2D eigenvalue weighted by molar-refractivity contribution is 6.33. The third-order valence-electron chi connectivity index (χ3n) is 4.38. The van der Waals surface area contributed by atoms with Gasteiger partial charge in [-0.2, -0.15) is 0 Å². The summed E-state index contributed by atoms with van der Waals surface area (Å²) >= 11 is 0. The van der Waals surface area contributed by atoms with Gasteiger partial charge >= 0.3 is 0 Å². The van der Waals surface area contributed by atoms with Crippen molar-refractivity contribution < 1.29 is 24.9 Å². The molecule has 0 heterocycles. The van der Waals surface area contributed by atoms with Crippen molar-refractivity contribution in [1.29, 1.82) is 0 Å². The molecule has 5 heteroatoms. The van der Waals surface area contributed by atoms with E-state index >= 15 is 0 Å². The summed E-state index contributed by atoms with van der Waals surface area (Å²) in [5.74, 6) is -2.34. The van der Waals surface area contributed by atoms with Gasteiger partial charge in [0, 0.05) is 16.3 Å². The Labute approximate surface area is 136 Å². The quantitative estimate of drug-likeness (QED) is 0.433. The molecule has 0 saturated carbocycles. The molecule has 24 heavy (non-hydrogen) atoms. The number of ketones is 2. The molecule has 3 N–H and O–H groups in total. The Morgan fingerprint density at radius 1 is 0.750 bits per heavy atom. The second kappa shape index (κ2) is 4.58. The number of carbonyl (C=O) groups is 2. The van der Waals surface area contributed by atoms with Crippen LogP contribution in [-0.2, 0) is 0 Å². The molecule has 0 unspecified atom stereocenters. The summed E-state index contributed by atoms with van der Waals surface area (Å²) in [4.78, 5) is 25.5. The maximum atomic E-state index is 12.8. The SMILES string of the molecule is Cc1ccc2c(O)c3c(c(O)c2c1)C(=O)c1cccc(O)c1C3=O. The summed E-state index contributed by atoms with van der Waals surface area (Å²) in [5, 5.41) is 31.7. The molecule has 0 spiro atoms. The number of aryl methyl sites for hydroxylation is 1. The fourth-order valence-electron chi connectivity index (χ4n) is 3.24. The predicted molar refractivity (Wildman–Crippen MR) is 87.0 cm³/mol. The Morgan fingerprint density at radius 3 is 2.17 bits per heavy atom. The van der Waals surface area contributed by atoms with E-state index in [0.717, 1.165) is 5.56 Å². The number of phenolic OH excluding ortho intramolecular Hbond substituents is 3. The normalized spacial score (nSPS) is 13.0. The maximum absolute atomic E-state index is 12.8. The molecule has 1 aliphatic rings. The van der Waals surface area contributed by atoms with Gasteiger partial charge in [-0.25, -0.2) is 0 Å². The van der Waals surface area contributed by atoms with E-state index < -0.39 is 11.6 Å². The van der Waals surface area contributed by atoms with Crippen LogP contribution in [0.25, 0.3) is 10.8 Å². The van der Waals surface area contributed by atoms with Gasteiger partial charge in [-0.05, 0) is 19.1 Å². The average Bonchev–Trinajstić information content (AvgIpc) is 2.55. The smallest absolute Gasteiger partial charge is 0.202 e. The standard InChI is InChI=1S/C19H12O5/c1-8-5-6-9-11(7-8)18(23)14-15(16(9)21)19(24)13-10(17(14)22)3-2-4-12(13)20/h2-7,20-21,23H,1H3. The van der Waals surface area contributed by atoms with Crippen molar-refractivity contribution in [3.8, 4) is 17.2 Å². The Balaban J connectivity index is 2.19. The van der Waals surface area contributed by atoms with Crippen molar-refractivity contribution >= 4 is 22.3 Å². The van der Waals surface area contributed by atoms with Gasteiger partial charge in [0.25, 0.3) is 0 Å². The van der Waals surface area contributed by atoms with E-state index in [0.29, 0.717) is 5.39 Å². The number of aromatic hydroxyl groups is 3. The van der Waals surface area contributed by atoms with Crippen LogP contribution in [0.3, 0.4) is 0 Å². The van der Waals surface area contributed by atoms with E-state index in [4.69, 9.17) is 0 Å². The van der Waals surface area contributed by atoms with E-state index in [1.807, 2.05) is 6.92 Å². The highest BCUT2D eigenvalue weighted by Gasteiger charge is 2.37. The van der Waals surface area contributed by atoms with Crippen molar-refractivity contribution in [2.75, 3.05) is 0 Å². The van der Waals surface area contributed by atoms with Crippen molar-refractivity contribution in [1.82, 2.24) is 0 Å². The van der Waals surface area contributed by atoms with Crippen LogP contribution < -0.4 is 0 Å². The number of benzene rings is 3. The fourth-order valence-corrected chi connectivity index (χ4v) is 3.24. The number of hydrogen-bond acceptors (Lipinski definition) is 5. The summed E-state index contributed by atoms with van der Waals surface area (Å²) in [6.07, 6.45) is 0. The van der Waals surface area contributed by atoms with Gasteiger partial charge in [-0.15, -0.1) is 0 Å². The maximum Gasteiger partial charge on any atom is 0.202 e. The van der Waals surface area contributed by atoms with Crippen molar-refractivity contribution in [2.45, 2.75) is 6.92 Å². The lowest BCUT2D eigenvalue weighted by Gasteiger charge is -2.21. The molecule has 0 saturated heterocycles. The fraction of sp³-hybridized carbons (Fsp3) is 0.0526. The zero-order valence-electron chi connectivity index (χ0n) is 12.6. The highest BCUT2D eigenvalue weighted by atomic mass is 16.3. The van der Waals surface area contributed by atoms with Crippen LogP contribution in [0.2, 0.25) is 0 Å². The van der Waals surface area contributed by atoms with E-state index in [2.05, 4.69) is 0 Å². The van der Waals surface area contributed by atoms with E-state index in [9.17, 15) is 24.9 Å². The molecule has 0 atom stereocenters. The first-order valence-corrected chi connectivity index (χ1v) is 7.31. The van der Waals surface area contributed by atoms with Gasteiger partial charge in [0.2, 0.25) is 5.78 Å². The zero-order valence-corrected chi connectivity index (χ0v) is 12.6. The number of phenols is 3. The van der Waals surface area contributed by atoms with E-state index in [1.54, 1.807) is 18.2 Å². The van der Waals surface area contributed by atoms with Gasteiger partial charge in [0.05, 0.1) is 16.7 Å². The van der Waals surface area contributed by atoms with Gasteiger partial charge < -0.3 is 15.3 Å². The number of carbonyl (C=O) groups excluding carboxylic acids is 2. The summed E-state index contributed by atoms with van der Waals surface area (Å²) in [7, 11) is 0. The van der Waals surface area contributed by atoms with Crippen LogP contribution >= 0.6 is 0 Å². The Hall–Kier alpha value is -3.34. The number of hydrogen-bond donors (Lipinski definition) is 3. The molecule has 5 nitrogen and oxygen atoms in total. The van der Waals surface area contributed by atoms with Gasteiger partial charge in [-0.3, -0.25) is 9.59 Å². The summed E-state index contributed by atoms with van der Waals surface area (Å²) < 4.78 is 0. The lowest BCUT2D eigenvalue weighted by atomic mass is 9.81. The van der Waals surface area contributed by atoms with Gasteiger partial charge in [0.1, 0.15) is 17.2 Å². The van der Waals surface area contributed by atoms with E-state index in [1.165, 1.54) is 18.2 Å². The first-order valence-electron chi connectivity index (χ1n) is 7.31. The number of fused-ring (bicyclic) bond motifs is 3. The van der Waals surface area contributed by atoms with Crippen LogP contribution in [0.4, 0.5) is 0 Å². The molecular formula is C19H12O5. The molecule has 0 aliphatic heterocycles. The number of rotatable bonds is 0. The minimum Gasteiger partial charge on any atom is -0.507 e. The lowest BCUT2D eigenvalue weighted by molar-refractivity contribution is 0.0972. The minimum atomic E-state index is -0.687. The molecule has 3 aromatic carbocycles. The van der Waals surface area contributed by atoms with Crippen LogP contribution in [0.15, 0.2) is 36.4 Å². The van der Waals surface area contributed by atoms with Crippen LogP contribution in [0.5, 0.6) is 17.2 Å². The molecule has 0 bridgehead atoms. The first kappa shape index (κ1) is 14.3. The molecule has 0 amide bonds. The Bertz CT molecular complexity index is 1080. The summed E-state index contributed by atoms with van der Waals surface area (Å²) in [6.45, 7) is 1.82. The summed E-state index contributed by atoms with van der Waals surface area (Å²) in [6, 6.07) is 9.12. The monoisotopic (exact) mass is 320 g/mol. The largest absolute Gasteiger partial charge is 0.507 e. The third kappa shape index (κ3) is 1.64. The summed E-state index contributed by atoms with van der Waals surface area (Å²) in [5.41, 5.74) is 0.187. The van der Waals surface area contributed by atoms with Crippen molar-refractivity contribution in [2.24, 2.45) is 0 Å². The molecule has 3 aromatic rings. The molecule has 4 rings (SSSR count). The van der Waals surface area contributed by atoms with Crippen LogP contribution in [-0.4, -0.2) is 26.9 Å². The molecule has 0 radical (unpaired) electrons. The van der Waals surface area contributed by atoms with Gasteiger partial charge in [-0.1, -0.05) is 29.8 Å². The average molecular weight is 320 g/mol. The Morgan fingerprint density at radius 2 is 1.42 bits per heavy atom. The first-order chi connectivity index (χ1) is 11.4.